The number of hydrogen-bond acceptors (Lipinski definition) is 4. The third kappa shape index (κ3) is 10.1. The van der Waals surface area contributed by atoms with Crippen LogP contribution in [0, 0.1) is 18.8 Å². The van der Waals surface area contributed by atoms with Gasteiger partial charge in [-0.25, -0.2) is 9.78 Å². The summed E-state index contributed by atoms with van der Waals surface area (Å²) in [7, 11) is 0. The minimum Gasteiger partial charge on any atom is -0.478 e. The van der Waals surface area contributed by atoms with Gasteiger partial charge < -0.3 is 10.4 Å². The topological polar surface area (TPSA) is 65.5 Å². The van der Waals surface area contributed by atoms with Crippen LogP contribution < -0.4 is 5.32 Å². The number of aryl methyl sites for hydroxylation is 2. The van der Waals surface area contributed by atoms with E-state index in [4.69, 9.17) is 10.1 Å². The molecule has 0 spiro atoms. The van der Waals surface area contributed by atoms with Crippen LogP contribution in [0.15, 0.2) is 24.3 Å². The van der Waals surface area contributed by atoms with E-state index in [9.17, 15) is 4.79 Å². The second-order valence-electron chi connectivity index (χ2n) is 6.53. The van der Waals surface area contributed by atoms with E-state index >= 15 is 0 Å². The smallest absolute Gasteiger partial charge is 0.328 e. The summed E-state index contributed by atoms with van der Waals surface area (Å²) in [6, 6.07) is 4.40. The fourth-order valence-corrected chi connectivity index (χ4v) is 3.48. The van der Waals surface area contributed by atoms with Gasteiger partial charge in [0.1, 0.15) is 5.82 Å². The number of fused-ring (bicyclic) bond motifs is 1. The zero-order valence-corrected chi connectivity index (χ0v) is 18.7. The number of carboxylic acids is 1. The maximum atomic E-state index is 10.5. The van der Waals surface area contributed by atoms with Gasteiger partial charge in [0.2, 0.25) is 0 Å². The van der Waals surface area contributed by atoms with Crippen LogP contribution in [0.5, 0.6) is 0 Å². The van der Waals surface area contributed by atoms with Crippen LogP contribution in [0.4, 0.5) is 5.82 Å². The molecule has 0 radical (unpaired) electrons. The fourth-order valence-electron chi connectivity index (χ4n) is 3.48. The van der Waals surface area contributed by atoms with Crippen LogP contribution in [-0.4, -0.2) is 47.1 Å². The van der Waals surface area contributed by atoms with Crippen molar-refractivity contribution in [2.45, 2.75) is 59.8 Å². The number of nitrogens with zero attached hydrogens (tertiary/aromatic N) is 2. The molecule has 1 aromatic heterocycles. The molecule has 0 amide bonds. The van der Waals surface area contributed by atoms with Gasteiger partial charge in [0.25, 0.3) is 0 Å². The van der Waals surface area contributed by atoms with Crippen molar-refractivity contribution in [1.82, 2.24) is 9.88 Å². The average molecular weight is 402 g/mol. The van der Waals surface area contributed by atoms with Crippen molar-refractivity contribution in [3.8, 4) is 12.8 Å². The predicted molar refractivity (Wildman–Crippen MR) is 123 cm³/mol. The van der Waals surface area contributed by atoms with Gasteiger partial charge >= 0.3 is 5.97 Å². The number of carboxylic acid groups (broad SMARTS) is 1. The van der Waals surface area contributed by atoms with Gasteiger partial charge in [-0.1, -0.05) is 39.8 Å². The molecule has 2 aliphatic rings. The number of terminal acetylenes is 1. The number of hydrogen-bond donors (Lipinski definition) is 2. The largest absolute Gasteiger partial charge is 0.478 e. The summed E-state index contributed by atoms with van der Waals surface area (Å²) in [6.07, 6.45) is 16.7. The molecule has 0 bridgehead atoms. The van der Waals surface area contributed by atoms with Gasteiger partial charge in [-0.2, -0.15) is 0 Å². The molecule has 5 nitrogen and oxygen atoms in total. The summed E-state index contributed by atoms with van der Waals surface area (Å²) in [5.41, 5.74) is 2.53. The number of aliphatic carboxylic acids is 1. The molecule has 2 N–H and O–H groups in total. The molecule has 1 aromatic rings. The van der Waals surface area contributed by atoms with Crippen LogP contribution >= 0.6 is 0 Å². The number of pyridine rings is 1. The molecule has 5 heteroatoms. The first kappa shape index (κ1) is 26.7. The van der Waals surface area contributed by atoms with E-state index < -0.39 is 5.97 Å². The lowest BCUT2D eigenvalue weighted by molar-refractivity contribution is -0.131. The summed E-state index contributed by atoms with van der Waals surface area (Å²) < 4.78 is 0. The highest BCUT2D eigenvalue weighted by Gasteiger charge is 2.21. The summed E-state index contributed by atoms with van der Waals surface area (Å²) in [5.74, 6) is 0.910. The van der Waals surface area contributed by atoms with Crippen LogP contribution in [0.25, 0.3) is 0 Å². The minimum absolute atomic E-state index is 0.694. The summed E-state index contributed by atoms with van der Waals surface area (Å²) in [6.45, 7) is 11.9. The van der Waals surface area contributed by atoms with Gasteiger partial charge in [0.15, 0.2) is 0 Å². The second kappa shape index (κ2) is 16.6. The van der Waals surface area contributed by atoms with Crippen LogP contribution in [0.1, 0.15) is 58.2 Å². The zero-order valence-electron chi connectivity index (χ0n) is 18.7. The Morgan fingerprint density at radius 2 is 2.03 bits per heavy atom. The number of aromatic nitrogens is 1. The summed E-state index contributed by atoms with van der Waals surface area (Å²) >= 11 is 0. The predicted octanol–water partition coefficient (Wildman–Crippen LogP) is 4.64. The second-order valence-corrected chi connectivity index (χ2v) is 6.53. The SMILES string of the molecule is C#C.CC.CC.O=C(O)/C=C/CN1CCC(CCc2ccc3c(n2)NCCC3)C1. The Morgan fingerprint density at radius 3 is 2.72 bits per heavy atom. The molecule has 3 rings (SSSR count). The monoisotopic (exact) mass is 401 g/mol. The highest BCUT2D eigenvalue weighted by atomic mass is 16.4. The van der Waals surface area contributed by atoms with Crippen molar-refractivity contribution in [3.05, 3.63) is 35.5 Å². The summed E-state index contributed by atoms with van der Waals surface area (Å²) in [4.78, 5) is 17.6. The van der Waals surface area contributed by atoms with E-state index in [2.05, 4.69) is 35.2 Å². The van der Waals surface area contributed by atoms with Crippen LogP contribution in [-0.2, 0) is 17.6 Å². The van der Waals surface area contributed by atoms with Gasteiger partial charge in [0.05, 0.1) is 0 Å². The van der Waals surface area contributed by atoms with E-state index in [-0.39, 0.29) is 0 Å². The molecule has 1 unspecified atom stereocenters. The van der Waals surface area contributed by atoms with Crippen molar-refractivity contribution >= 4 is 11.8 Å². The average Bonchev–Trinajstić information content (AvgIpc) is 3.24. The Labute approximate surface area is 177 Å². The van der Waals surface area contributed by atoms with Crippen molar-refractivity contribution < 1.29 is 9.90 Å². The lowest BCUT2D eigenvalue weighted by Gasteiger charge is -2.18. The zero-order chi connectivity index (χ0) is 22.1. The van der Waals surface area contributed by atoms with Crippen LogP contribution in [0.3, 0.4) is 0 Å². The van der Waals surface area contributed by atoms with Gasteiger partial charge in [-0.05, 0) is 56.2 Å². The van der Waals surface area contributed by atoms with Gasteiger partial charge in [-0.3, -0.25) is 4.90 Å². The molecule has 0 aromatic carbocycles. The Hall–Kier alpha value is -2.32. The van der Waals surface area contributed by atoms with Crippen molar-refractivity contribution in [2.75, 3.05) is 31.5 Å². The number of rotatable bonds is 6. The molecule has 162 valence electrons. The molecule has 29 heavy (non-hydrogen) atoms. The quantitative estimate of drug-likeness (QED) is 0.537. The maximum absolute atomic E-state index is 10.5. The van der Waals surface area contributed by atoms with Crippen molar-refractivity contribution in [3.63, 3.8) is 0 Å². The lowest BCUT2D eigenvalue weighted by atomic mass is 10.00. The summed E-state index contributed by atoms with van der Waals surface area (Å²) in [5, 5.41) is 12.0. The molecule has 1 fully saturated rings. The Kier molecular flexibility index (Phi) is 15.3. The van der Waals surface area contributed by atoms with E-state index in [0.717, 1.165) is 51.3 Å². The Morgan fingerprint density at radius 1 is 1.31 bits per heavy atom. The first-order chi connectivity index (χ1) is 14.2. The van der Waals surface area contributed by atoms with Gasteiger partial charge in [-0.15, -0.1) is 12.8 Å². The van der Waals surface area contributed by atoms with Crippen molar-refractivity contribution in [1.29, 1.82) is 0 Å². The molecule has 0 aliphatic carbocycles. The third-order valence-electron chi connectivity index (χ3n) is 4.75. The van der Waals surface area contributed by atoms with Crippen LogP contribution in [0.2, 0.25) is 0 Å². The maximum Gasteiger partial charge on any atom is 0.328 e. The first-order valence-corrected chi connectivity index (χ1v) is 10.9. The van der Waals surface area contributed by atoms with Gasteiger partial charge in [0, 0.05) is 31.4 Å². The first-order valence-electron chi connectivity index (χ1n) is 10.9. The molecule has 3 heterocycles. The molecule has 1 saturated heterocycles. The highest BCUT2D eigenvalue weighted by molar-refractivity contribution is 5.79. The Balaban J connectivity index is 0.00000120. The minimum atomic E-state index is -0.868. The molecule has 0 saturated carbocycles. The molecular formula is C24H39N3O2. The Bertz CT molecular complexity index is 626. The number of likely N-dealkylation sites (tertiary alicyclic amines) is 1. The number of nitrogens with one attached hydrogen (secondary N) is 1. The lowest BCUT2D eigenvalue weighted by Crippen LogP contribution is -2.21. The van der Waals surface area contributed by atoms with E-state index in [1.165, 1.54) is 30.2 Å². The standard InChI is InChI=1S/C18H25N3O2.2C2H6.C2H2/c22-17(23)4-2-11-21-12-9-14(13-21)5-7-16-8-6-15-3-1-10-19-18(15)20-16;3*1-2/h2,4,6,8,14H,1,3,5,7,9-13H2,(H,19,20)(H,22,23);2*1-2H3;1-2H/b4-2+;;;. The van der Waals surface area contributed by atoms with E-state index in [1.54, 1.807) is 6.08 Å². The molecular weight excluding hydrogens is 362 g/mol. The number of anilines is 1. The van der Waals surface area contributed by atoms with E-state index in [0.29, 0.717) is 5.92 Å². The highest BCUT2D eigenvalue weighted by Crippen LogP contribution is 2.23. The fraction of sp³-hybridized carbons (Fsp3) is 0.583. The molecule has 1 atom stereocenters. The van der Waals surface area contributed by atoms with Crippen molar-refractivity contribution in [2.24, 2.45) is 5.92 Å². The number of carbonyl (C=O) groups is 1. The normalized spacial score (nSPS) is 17.4. The molecule has 2 aliphatic heterocycles. The third-order valence-corrected chi connectivity index (χ3v) is 4.75. The van der Waals surface area contributed by atoms with E-state index in [1.807, 2.05) is 27.7 Å².